The molecule has 2 saturated carbocycles. The number of carbonyl (C=O) groups excluding carboxylic acids is 1. The molecule has 17 heteroatoms. The van der Waals surface area contributed by atoms with Crippen molar-refractivity contribution < 1.29 is 50.5 Å². The zero-order chi connectivity index (χ0) is 46.5. The van der Waals surface area contributed by atoms with E-state index in [1.54, 1.807) is 12.1 Å². The van der Waals surface area contributed by atoms with Crippen LogP contribution in [0.4, 0.5) is 26.3 Å². The summed E-state index contributed by atoms with van der Waals surface area (Å²) in [5, 5.41) is 13.9. The van der Waals surface area contributed by atoms with Crippen LogP contribution in [-0.2, 0) is 32.8 Å². The van der Waals surface area contributed by atoms with Gasteiger partial charge in [0.25, 0.3) is 0 Å². The molecule has 2 atom stereocenters. The van der Waals surface area contributed by atoms with E-state index < -0.39 is 40.3 Å². The highest BCUT2D eigenvalue weighted by atomic mass is 35.5. The molecule has 2 aliphatic carbocycles. The second-order valence-electron chi connectivity index (χ2n) is 16.2. The van der Waals surface area contributed by atoms with Gasteiger partial charge >= 0.3 is 18.3 Å². The van der Waals surface area contributed by atoms with Gasteiger partial charge in [0.1, 0.15) is 11.5 Å². The van der Waals surface area contributed by atoms with Crippen LogP contribution in [0.15, 0.2) is 97.1 Å². The van der Waals surface area contributed by atoms with Crippen molar-refractivity contribution in [2.75, 3.05) is 44.7 Å². The van der Waals surface area contributed by atoms with Gasteiger partial charge in [-0.3, -0.25) is 9.59 Å². The van der Waals surface area contributed by atoms with Crippen molar-refractivity contribution in [1.82, 2.24) is 10.2 Å². The number of nitrogens with zero attached hydrogens (tertiary/aromatic N) is 1. The molecule has 356 valence electrons. The fourth-order valence-corrected chi connectivity index (χ4v) is 8.32. The standard InChI is InChI=1S/C23H23ClF3NO2.C12H14F3NO.C11H11ClO2.CH2Cl2.CH4/c24-19-6-2-17(3-7-19)22(11-1-12-22)21(29)28-13-10-16(14-28)15-30-20-8-4-18(5-9-20)23(25,26)27;13-12(14,15)10-1-3-11(4-2-10)17-8-9-5-6-16-7-9;12-9-4-2-8(3-5-9)11(10(13)14)6-1-7-11;2-1-3;/h2-9,16H,1,10-15H2;1-4,9,16H,5-8H2;2-5H,1,6-7H2,(H,13,14);1H2;1H4/t16-;9-;;;/m00.../s1. The van der Waals surface area contributed by atoms with Crippen molar-refractivity contribution in [3.63, 3.8) is 0 Å². The topological polar surface area (TPSA) is 88.1 Å². The molecular formula is C48H54Cl4F6N2O5. The summed E-state index contributed by atoms with van der Waals surface area (Å²) in [7, 11) is 0. The maximum Gasteiger partial charge on any atom is 0.416 e. The molecule has 4 aromatic rings. The Labute approximate surface area is 396 Å². The fourth-order valence-electron chi connectivity index (χ4n) is 8.07. The van der Waals surface area contributed by atoms with Crippen LogP contribution in [0.25, 0.3) is 0 Å². The SMILES string of the molecule is C.ClCCl.FC(F)(F)c1ccc(OC[C@H]2CCNC2)cc1.O=C(N1CC[C@H](COc2ccc(C(F)(F)F)cc2)C1)C1(c2ccc(Cl)cc2)CCC1.O=C(O)C1(c2ccc(Cl)cc2)CCC1. The molecule has 0 spiro atoms. The number of carboxylic acids is 1. The van der Waals surface area contributed by atoms with Gasteiger partial charge in [-0.15, -0.1) is 23.2 Å². The van der Waals surface area contributed by atoms with Crippen LogP contribution in [0.5, 0.6) is 11.5 Å². The van der Waals surface area contributed by atoms with Gasteiger partial charge < -0.3 is 24.8 Å². The molecule has 0 bridgehead atoms. The van der Waals surface area contributed by atoms with Gasteiger partial charge in [0, 0.05) is 41.5 Å². The third-order valence-corrected chi connectivity index (χ3v) is 12.6. The second-order valence-corrected chi connectivity index (χ2v) is 17.9. The minimum atomic E-state index is -4.35. The van der Waals surface area contributed by atoms with Gasteiger partial charge in [-0.1, -0.05) is 67.7 Å². The molecule has 0 unspecified atom stereocenters. The lowest BCUT2D eigenvalue weighted by Gasteiger charge is -2.43. The van der Waals surface area contributed by atoms with E-state index in [-0.39, 0.29) is 24.6 Å². The number of halogens is 10. The summed E-state index contributed by atoms with van der Waals surface area (Å²) < 4.78 is 86.0. The van der Waals surface area contributed by atoms with Gasteiger partial charge in [0.15, 0.2) is 0 Å². The number of hydrogen-bond donors (Lipinski definition) is 2. The molecule has 0 radical (unpaired) electrons. The van der Waals surface area contributed by atoms with Crippen molar-refractivity contribution in [2.24, 2.45) is 11.8 Å². The number of benzene rings is 4. The Morgan fingerprint density at radius 2 is 1.08 bits per heavy atom. The Bertz CT molecular complexity index is 2080. The van der Waals surface area contributed by atoms with Crippen LogP contribution in [0, 0.1) is 11.8 Å². The van der Waals surface area contributed by atoms with Gasteiger partial charge in [0.05, 0.1) is 40.5 Å². The van der Waals surface area contributed by atoms with Crippen molar-refractivity contribution in [3.05, 3.63) is 129 Å². The minimum Gasteiger partial charge on any atom is -0.493 e. The molecule has 65 heavy (non-hydrogen) atoms. The molecule has 4 aromatic carbocycles. The number of amides is 1. The predicted octanol–water partition coefficient (Wildman–Crippen LogP) is 13.3. The monoisotopic (exact) mass is 992 g/mol. The first-order valence-electron chi connectivity index (χ1n) is 20.9. The van der Waals surface area contributed by atoms with Crippen molar-refractivity contribution >= 4 is 58.3 Å². The summed E-state index contributed by atoms with van der Waals surface area (Å²) in [5.74, 6) is 0.962. The number of aliphatic carboxylic acids is 1. The van der Waals surface area contributed by atoms with Crippen LogP contribution in [0.1, 0.15) is 81.0 Å². The normalized spacial score (nSPS) is 19.2. The molecule has 1 amide bonds. The van der Waals surface area contributed by atoms with Crippen molar-refractivity contribution in [2.45, 2.75) is 82.0 Å². The Balaban J connectivity index is 0.000000224. The summed E-state index contributed by atoms with van der Waals surface area (Å²) in [6.07, 6.45) is -1.57. The highest BCUT2D eigenvalue weighted by Crippen LogP contribution is 2.47. The fraction of sp³-hybridized carbons (Fsp3) is 0.458. The Hall–Kier alpha value is -3.88. The predicted molar refractivity (Wildman–Crippen MR) is 244 cm³/mol. The largest absolute Gasteiger partial charge is 0.493 e. The molecule has 2 N–H and O–H groups in total. The molecular weight excluding hydrogens is 940 g/mol. The minimum absolute atomic E-state index is 0. The molecule has 2 saturated heterocycles. The van der Waals surface area contributed by atoms with Crippen molar-refractivity contribution in [1.29, 1.82) is 0 Å². The maximum absolute atomic E-state index is 13.3. The van der Waals surface area contributed by atoms with Crippen LogP contribution in [0.2, 0.25) is 10.0 Å². The van der Waals surface area contributed by atoms with E-state index in [2.05, 4.69) is 5.32 Å². The third-order valence-electron chi connectivity index (χ3n) is 12.1. The molecule has 2 aliphatic heterocycles. The first-order valence-corrected chi connectivity index (χ1v) is 22.7. The lowest BCUT2D eigenvalue weighted by atomic mass is 9.63. The summed E-state index contributed by atoms with van der Waals surface area (Å²) in [6, 6.07) is 24.2. The lowest BCUT2D eigenvalue weighted by Crippen LogP contribution is -2.50. The number of hydrogen-bond acceptors (Lipinski definition) is 5. The number of likely N-dealkylation sites (tertiary alicyclic amines) is 1. The zero-order valence-corrected chi connectivity index (χ0v) is 37.8. The van der Waals surface area contributed by atoms with Crippen LogP contribution in [0.3, 0.4) is 0 Å². The third kappa shape index (κ3) is 14.6. The molecule has 7 nitrogen and oxygen atoms in total. The van der Waals surface area contributed by atoms with E-state index in [0.717, 1.165) is 99.8 Å². The highest BCUT2D eigenvalue weighted by Gasteiger charge is 2.49. The van der Waals surface area contributed by atoms with Crippen LogP contribution in [-0.4, -0.2) is 66.6 Å². The van der Waals surface area contributed by atoms with Gasteiger partial charge in [-0.2, -0.15) is 26.3 Å². The van der Waals surface area contributed by atoms with Crippen LogP contribution >= 0.6 is 46.4 Å². The van der Waals surface area contributed by atoms with E-state index in [1.807, 2.05) is 41.3 Å². The van der Waals surface area contributed by atoms with Crippen LogP contribution < -0.4 is 14.8 Å². The number of carboxylic acid groups (broad SMARTS) is 1. The lowest BCUT2D eigenvalue weighted by molar-refractivity contribution is -0.147. The summed E-state index contributed by atoms with van der Waals surface area (Å²) in [4.78, 5) is 26.4. The Morgan fingerprint density at radius 1 is 0.662 bits per heavy atom. The molecule has 0 aromatic heterocycles. The van der Waals surface area contributed by atoms with Gasteiger partial charge in [-0.05, 0) is 129 Å². The average Bonchev–Trinajstić information content (AvgIpc) is 3.93. The first-order chi connectivity index (χ1) is 30.4. The number of carbonyl (C=O) groups is 2. The van der Waals surface area contributed by atoms with Crippen molar-refractivity contribution in [3.8, 4) is 11.5 Å². The Morgan fingerprint density at radius 3 is 1.43 bits per heavy atom. The molecule has 2 heterocycles. The van der Waals surface area contributed by atoms with E-state index >= 15 is 0 Å². The van der Waals surface area contributed by atoms with E-state index in [4.69, 9.17) is 55.9 Å². The van der Waals surface area contributed by atoms with E-state index in [0.29, 0.717) is 53.8 Å². The summed E-state index contributed by atoms with van der Waals surface area (Å²) >= 11 is 21.3. The number of nitrogens with one attached hydrogen (secondary N) is 1. The Kier molecular flexibility index (Phi) is 20.0. The molecule has 4 aliphatic rings. The average molecular weight is 995 g/mol. The number of rotatable bonds is 10. The zero-order valence-electron chi connectivity index (χ0n) is 34.8. The highest BCUT2D eigenvalue weighted by molar-refractivity contribution is 6.40. The quantitative estimate of drug-likeness (QED) is 0.122. The van der Waals surface area contributed by atoms with E-state index in [1.165, 1.54) is 24.3 Å². The number of ether oxygens (including phenoxy) is 2. The number of alkyl halides is 8. The van der Waals surface area contributed by atoms with Gasteiger partial charge in [0.2, 0.25) is 5.91 Å². The summed E-state index contributed by atoms with van der Waals surface area (Å²) in [5.41, 5.74) is -0.528. The smallest absolute Gasteiger partial charge is 0.416 e. The second kappa shape index (κ2) is 24.2. The maximum atomic E-state index is 13.3. The first kappa shape index (κ1) is 53.7. The van der Waals surface area contributed by atoms with Gasteiger partial charge in [-0.25, -0.2) is 0 Å². The molecule has 4 fully saturated rings. The molecule has 8 rings (SSSR count). The van der Waals surface area contributed by atoms with E-state index in [9.17, 15) is 41.0 Å². The summed E-state index contributed by atoms with van der Waals surface area (Å²) in [6.45, 7) is 4.12.